The van der Waals surface area contributed by atoms with Crippen molar-refractivity contribution in [3.63, 3.8) is 0 Å². The fourth-order valence-electron chi connectivity index (χ4n) is 3.19. The van der Waals surface area contributed by atoms with Crippen molar-refractivity contribution in [3.8, 4) is 0 Å². The van der Waals surface area contributed by atoms with Gasteiger partial charge in [-0.15, -0.1) is 0 Å². The predicted octanol–water partition coefficient (Wildman–Crippen LogP) is 4.16. The molecule has 1 aromatic rings. The van der Waals surface area contributed by atoms with Gasteiger partial charge in [-0.3, -0.25) is 0 Å². The zero-order chi connectivity index (χ0) is 17.6. The van der Waals surface area contributed by atoms with Gasteiger partial charge < -0.3 is 14.4 Å². The first-order valence-corrected chi connectivity index (χ1v) is 12.5. The monoisotopic (exact) mass is 347 g/mol. The Morgan fingerprint density at radius 1 is 1.29 bits per heavy atom. The van der Waals surface area contributed by atoms with Crippen LogP contribution in [0.3, 0.4) is 0 Å². The number of carbonyl (C=O) groups is 2. The van der Waals surface area contributed by atoms with Crippen molar-refractivity contribution in [1.29, 1.82) is 0 Å². The second-order valence-electron chi connectivity index (χ2n) is 7.84. The van der Waals surface area contributed by atoms with Crippen LogP contribution in [0, 0.1) is 5.92 Å². The van der Waals surface area contributed by atoms with Crippen molar-refractivity contribution in [2.75, 3.05) is 19.7 Å². The number of rotatable bonds is 6. The molecule has 24 heavy (non-hydrogen) atoms. The maximum absolute atomic E-state index is 12.4. The minimum atomic E-state index is -1.20. The maximum atomic E-state index is 12.4. The van der Waals surface area contributed by atoms with Gasteiger partial charge in [-0.1, -0.05) is 50.0 Å². The van der Waals surface area contributed by atoms with Crippen LogP contribution >= 0.6 is 0 Å². The van der Waals surface area contributed by atoms with E-state index in [1.165, 1.54) is 5.56 Å². The molecule has 1 heterocycles. The largest absolute Gasteiger partial charge is 0.450 e. The van der Waals surface area contributed by atoms with Crippen LogP contribution in [0.15, 0.2) is 30.3 Å². The third kappa shape index (κ3) is 5.48. The molecule has 1 aromatic carbocycles. The molecule has 2 atom stereocenters. The topological polar surface area (TPSA) is 46.6 Å². The first-order chi connectivity index (χ1) is 11.4. The molecule has 1 aliphatic rings. The minimum absolute atomic E-state index is 0.203. The van der Waals surface area contributed by atoms with Crippen LogP contribution in [-0.4, -0.2) is 45.0 Å². The first-order valence-electron chi connectivity index (χ1n) is 8.81. The molecular formula is C19H29NO3Si. The Balaban J connectivity index is 1.98. The van der Waals surface area contributed by atoms with Crippen LogP contribution < -0.4 is 0 Å². The summed E-state index contributed by atoms with van der Waals surface area (Å²) in [5.41, 5.74) is 1.20. The van der Waals surface area contributed by atoms with Crippen molar-refractivity contribution in [1.82, 2.24) is 4.90 Å². The van der Waals surface area contributed by atoms with Gasteiger partial charge in [-0.05, 0) is 23.9 Å². The number of aldehydes is 1. The third-order valence-corrected chi connectivity index (χ3v) is 6.42. The number of nitrogens with zero attached hydrogens (tertiary/aromatic N) is 1. The van der Waals surface area contributed by atoms with E-state index in [2.05, 4.69) is 31.8 Å². The summed E-state index contributed by atoms with van der Waals surface area (Å²) in [7, 11) is -1.20. The van der Waals surface area contributed by atoms with Gasteiger partial charge in [0.25, 0.3) is 0 Å². The van der Waals surface area contributed by atoms with Gasteiger partial charge in [-0.25, -0.2) is 4.79 Å². The highest BCUT2D eigenvalue weighted by molar-refractivity contribution is 6.76. The Morgan fingerprint density at radius 2 is 2.00 bits per heavy atom. The maximum Gasteiger partial charge on any atom is 0.409 e. The Morgan fingerprint density at radius 3 is 2.62 bits per heavy atom. The summed E-state index contributed by atoms with van der Waals surface area (Å²) in [5.74, 6) is 0.505. The van der Waals surface area contributed by atoms with Gasteiger partial charge in [0.1, 0.15) is 6.29 Å². The fourth-order valence-corrected chi connectivity index (χ4v) is 3.90. The molecule has 0 N–H and O–H groups in total. The molecule has 132 valence electrons. The summed E-state index contributed by atoms with van der Waals surface area (Å²) >= 11 is 0. The molecule has 1 amide bonds. The standard InChI is InChI=1S/C19H29NO3Si/c1-24(2,3)14-13-23-19(22)20-11-9-17(10-12-21)18(15-20)16-7-5-4-6-8-16/h4-8,12,17-18H,9-11,13-15H2,1-3H3/t17-,18+/m0/s1. The average molecular weight is 348 g/mol. The van der Waals surface area contributed by atoms with E-state index in [0.717, 1.165) is 18.8 Å². The van der Waals surface area contributed by atoms with E-state index in [1.807, 2.05) is 23.1 Å². The second-order valence-corrected chi connectivity index (χ2v) is 13.5. The molecule has 0 spiro atoms. The quantitative estimate of drug-likeness (QED) is 0.573. The van der Waals surface area contributed by atoms with E-state index in [0.29, 0.717) is 32.0 Å². The molecule has 0 saturated carbocycles. The van der Waals surface area contributed by atoms with Crippen LogP contribution in [0.4, 0.5) is 4.79 Å². The molecule has 1 aliphatic heterocycles. The number of likely N-dealkylation sites (tertiary alicyclic amines) is 1. The Labute approximate surface area is 146 Å². The van der Waals surface area contributed by atoms with Gasteiger partial charge in [-0.2, -0.15) is 0 Å². The summed E-state index contributed by atoms with van der Waals surface area (Å²) in [6.07, 6.45) is 2.20. The van der Waals surface area contributed by atoms with Crippen molar-refractivity contribution in [2.24, 2.45) is 5.92 Å². The smallest absolute Gasteiger partial charge is 0.409 e. The Kier molecular flexibility index (Phi) is 6.60. The summed E-state index contributed by atoms with van der Waals surface area (Å²) in [6, 6.07) is 11.2. The molecule has 2 rings (SSSR count). The van der Waals surface area contributed by atoms with Crippen LogP contribution in [0.2, 0.25) is 25.7 Å². The molecular weight excluding hydrogens is 318 g/mol. The number of hydrogen-bond acceptors (Lipinski definition) is 3. The van der Waals surface area contributed by atoms with Gasteiger partial charge in [0.05, 0.1) is 6.61 Å². The number of benzene rings is 1. The van der Waals surface area contributed by atoms with E-state index in [9.17, 15) is 9.59 Å². The van der Waals surface area contributed by atoms with Crippen molar-refractivity contribution in [3.05, 3.63) is 35.9 Å². The van der Waals surface area contributed by atoms with Gasteiger partial charge in [0.2, 0.25) is 0 Å². The average Bonchev–Trinajstić information content (AvgIpc) is 2.55. The van der Waals surface area contributed by atoms with E-state index in [4.69, 9.17) is 4.74 Å². The number of ether oxygens (including phenoxy) is 1. The lowest BCUT2D eigenvalue weighted by Gasteiger charge is -2.37. The zero-order valence-electron chi connectivity index (χ0n) is 15.0. The Bertz CT molecular complexity index is 541. The summed E-state index contributed by atoms with van der Waals surface area (Å²) in [5, 5.41) is 0. The molecule has 0 bridgehead atoms. The van der Waals surface area contributed by atoms with Gasteiger partial charge in [0.15, 0.2) is 0 Å². The van der Waals surface area contributed by atoms with E-state index in [1.54, 1.807) is 0 Å². The van der Waals surface area contributed by atoms with E-state index < -0.39 is 8.07 Å². The lowest BCUT2D eigenvalue weighted by molar-refractivity contribution is -0.109. The predicted molar refractivity (Wildman–Crippen MR) is 99.0 cm³/mol. The second kappa shape index (κ2) is 8.47. The normalized spacial score (nSPS) is 21.4. The molecule has 0 unspecified atom stereocenters. The summed E-state index contributed by atoms with van der Waals surface area (Å²) in [6.45, 7) is 8.65. The van der Waals surface area contributed by atoms with E-state index in [-0.39, 0.29) is 12.0 Å². The third-order valence-electron chi connectivity index (χ3n) is 4.72. The molecule has 1 fully saturated rings. The van der Waals surface area contributed by atoms with Crippen LogP contribution in [-0.2, 0) is 9.53 Å². The molecule has 0 aliphatic carbocycles. The van der Waals surface area contributed by atoms with Crippen molar-refractivity contribution in [2.45, 2.75) is 44.4 Å². The van der Waals surface area contributed by atoms with E-state index >= 15 is 0 Å². The minimum Gasteiger partial charge on any atom is -0.450 e. The first kappa shape index (κ1) is 18.7. The molecule has 5 heteroatoms. The van der Waals surface area contributed by atoms with Gasteiger partial charge in [0, 0.05) is 33.5 Å². The SMILES string of the molecule is C[Si](C)(C)CCOC(=O)N1CC[C@@H](CC=O)[C@@H](c2ccccc2)C1. The highest BCUT2D eigenvalue weighted by Gasteiger charge is 2.32. The number of piperidine rings is 1. The highest BCUT2D eigenvalue weighted by Crippen LogP contribution is 2.34. The number of amides is 1. The molecule has 1 saturated heterocycles. The fraction of sp³-hybridized carbons (Fsp3) is 0.579. The van der Waals surface area contributed by atoms with Crippen LogP contribution in [0.5, 0.6) is 0 Å². The lowest BCUT2D eigenvalue weighted by Crippen LogP contribution is -2.43. The summed E-state index contributed by atoms with van der Waals surface area (Å²) < 4.78 is 5.49. The molecule has 0 aromatic heterocycles. The number of carbonyl (C=O) groups excluding carboxylic acids is 2. The Hall–Kier alpha value is -1.62. The molecule has 4 nitrogen and oxygen atoms in total. The van der Waals surface area contributed by atoms with Crippen LogP contribution in [0.1, 0.15) is 24.3 Å². The summed E-state index contributed by atoms with van der Waals surface area (Å²) in [4.78, 5) is 25.2. The number of hydrogen-bond donors (Lipinski definition) is 0. The lowest BCUT2D eigenvalue weighted by atomic mass is 9.79. The van der Waals surface area contributed by atoms with Crippen LogP contribution in [0.25, 0.3) is 0 Å². The highest BCUT2D eigenvalue weighted by atomic mass is 28.3. The molecule has 0 radical (unpaired) electrons. The van der Waals surface area contributed by atoms with Crippen molar-refractivity contribution >= 4 is 20.5 Å². The van der Waals surface area contributed by atoms with Gasteiger partial charge >= 0.3 is 6.09 Å². The van der Waals surface area contributed by atoms with Crippen molar-refractivity contribution < 1.29 is 14.3 Å². The zero-order valence-corrected chi connectivity index (χ0v) is 16.0.